The van der Waals surface area contributed by atoms with E-state index in [2.05, 4.69) is 0 Å². The Morgan fingerprint density at radius 2 is 1.09 bits per heavy atom. The molecule has 0 aliphatic heterocycles. The van der Waals surface area contributed by atoms with Crippen LogP contribution in [-0.4, -0.2) is 35.9 Å². The number of hydrogen-bond acceptors (Lipinski definition) is 0. The maximum atomic E-state index is 6.30. The van der Waals surface area contributed by atoms with E-state index in [0.717, 1.165) is 32.4 Å². The van der Waals surface area contributed by atoms with Crippen LogP contribution in [0.4, 0.5) is 0 Å². The average molecular weight is 424 g/mol. The molecule has 4 atom stereocenters. The van der Waals surface area contributed by atoms with Gasteiger partial charge in [0, 0.05) is 10.8 Å². The predicted molar refractivity (Wildman–Crippen MR) is 96.6 cm³/mol. The van der Waals surface area contributed by atoms with Crippen molar-refractivity contribution in [3.05, 3.63) is 10.6 Å². The molecule has 4 unspecified atom stereocenters. The van der Waals surface area contributed by atoms with Gasteiger partial charge in [-0.05, 0) is 12.8 Å². The van der Waals surface area contributed by atoms with Gasteiger partial charge in [0.15, 0.2) is 0 Å². The number of hydrogen-bond donors (Lipinski definition) is 0. The monoisotopic (exact) mass is 422 g/mol. The molecule has 2 fully saturated rings. The minimum atomic E-state index is -0.556. The molecule has 0 saturated heterocycles. The Labute approximate surface area is 162 Å². The SMILES string of the molecule is ClC1CCCCC1[N-]CCC[N-]C1CCCCC1Cl.[Cl][Ti][Cl]. The Bertz CT molecular complexity index is 250. The Morgan fingerprint density at radius 1 is 0.727 bits per heavy atom. The van der Waals surface area contributed by atoms with Gasteiger partial charge in [-0.15, -0.1) is 35.3 Å². The molecule has 0 N–H and O–H groups in total. The first kappa shape index (κ1) is 21.8. The zero-order valence-corrected chi connectivity index (χ0v) is 17.6. The van der Waals surface area contributed by atoms with Crippen LogP contribution in [0.3, 0.4) is 0 Å². The van der Waals surface area contributed by atoms with Crippen molar-refractivity contribution >= 4 is 41.8 Å². The van der Waals surface area contributed by atoms with Crippen molar-refractivity contribution in [1.82, 2.24) is 0 Å². The predicted octanol–water partition coefficient (Wildman–Crippen LogP) is 6.60. The third-order valence-corrected chi connectivity index (χ3v) is 5.36. The summed E-state index contributed by atoms with van der Waals surface area (Å²) in [5.41, 5.74) is 0. The fraction of sp³-hybridized carbons (Fsp3) is 1.00. The number of rotatable bonds is 6. The molecule has 0 radical (unpaired) electrons. The van der Waals surface area contributed by atoms with E-state index in [1.165, 1.54) is 38.5 Å². The van der Waals surface area contributed by atoms with Crippen LogP contribution >= 0.6 is 41.8 Å². The van der Waals surface area contributed by atoms with Gasteiger partial charge in [-0.25, -0.2) is 0 Å². The normalized spacial score (nSPS) is 32.0. The van der Waals surface area contributed by atoms with Crippen LogP contribution in [0, 0.1) is 0 Å². The van der Waals surface area contributed by atoms with Gasteiger partial charge in [0.05, 0.1) is 0 Å². The van der Waals surface area contributed by atoms with E-state index in [9.17, 15) is 0 Å². The summed E-state index contributed by atoms with van der Waals surface area (Å²) in [6.45, 7) is 1.83. The van der Waals surface area contributed by atoms with E-state index in [-0.39, 0.29) is 10.8 Å². The summed E-state index contributed by atoms with van der Waals surface area (Å²) in [6, 6.07) is 0.789. The van der Waals surface area contributed by atoms with Gasteiger partial charge in [-0.1, -0.05) is 44.9 Å². The molecule has 2 aliphatic rings. The Morgan fingerprint density at radius 3 is 1.45 bits per heavy atom. The molecule has 0 aromatic carbocycles. The van der Waals surface area contributed by atoms with Crippen LogP contribution < -0.4 is 0 Å². The molecule has 2 nitrogen and oxygen atoms in total. The molecule has 0 spiro atoms. The Hall–Kier alpha value is 1.79. The molecule has 0 aromatic heterocycles. The van der Waals surface area contributed by atoms with Crippen molar-refractivity contribution in [2.24, 2.45) is 0 Å². The van der Waals surface area contributed by atoms with Gasteiger partial charge in [-0.2, -0.15) is 13.1 Å². The van der Waals surface area contributed by atoms with E-state index < -0.39 is 17.0 Å². The van der Waals surface area contributed by atoms with Crippen LogP contribution in [0.5, 0.6) is 0 Å². The van der Waals surface area contributed by atoms with Crippen molar-refractivity contribution in [1.29, 1.82) is 0 Å². The van der Waals surface area contributed by atoms with Crippen LogP contribution in [-0.2, 0) is 17.0 Å². The van der Waals surface area contributed by atoms with E-state index >= 15 is 0 Å². The fourth-order valence-corrected chi connectivity index (χ4v) is 3.85. The van der Waals surface area contributed by atoms with Crippen LogP contribution in [0.25, 0.3) is 10.6 Å². The van der Waals surface area contributed by atoms with Crippen LogP contribution in [0.15, 0.2) is 0 Å². The third-order valence-electron chi connectivity index (χ3n) is 4.34. The minimum absolute atomic E-state index is 0.274. The second-order valence-electron chi connectivity index (χ2n) is 5.97. The summed E-state index contributed by atoms with van der Waals surface area (Å²) in [4.78, 5) is 0. The topological polar surface area (TPSA) is 28.2 Å². The standard InChI is InChI=1S/C15H26Cl2N2.2ClH.Ti/c16-12-6-1-3-8-14(12)18-10-5-11-19-15-9-4-2-7-13(15)17;;;/h12-15H,1-11H2;2*1H;/q-2;;;+2/p-2. The molecule has 7 heteroatoms. The molecule has 0 amide bonds. The molecule has 0 heterocycles. The van der Waals surface area contributed by atoms with Gasteiger partial charge in [0.25, 0.3) is 0 Å². The summed E-state index contributed by atoms with van der Waals surface area (Å²) in [6.07, 6.45) is 10.8. The molecule has 22 heavy (non-hydrogen) atoms. The summed E-state index contributed by atoms with van der Waals surface area (Å²) < 4.78 is 0. The summed E-state index contributed by atoms with van der Waals surface area (Å²) >= 11 is 12.0. The van der Waals surface area contributed by atoms with Crippen molar-refractivity contribution in [3.8, 4) is 0 Å². The first-order valence-electron chi connectivity index (χ1n) is 8.26. The molecular weight excluding hydrogens is 398 g/mol. The maximum absolute atomic E-state index is 6.30. The number of nitrogens with zero attached hydrogens (tertiary/aromatic N) is 2. The molecule has 2 rings (SSSR count). The van der Waals surface area contributed by atoms with Gasteiger partial charge in [0.2, 0.25) is 0 Å². The molecular formula is C15H26Cl4N2Ti-2. The summed E-state index contributed by atoms with van der Waals surface area (Å²) in [5, 5.41) is 10.0. The van der Waals surface area contributed by atoms with Crippen LogP contribution in [0.1, 0.15) is 57.8 Å². The quantitative estimate of drug-likeness (QED) is 0.261. The molecule has 0 aromatic rings. The van der Waals surface area contributed by atoms with E-state index in [0.29, 0.717) is 12.1 Å². The number of halogens is 4. The average Bonchev–Trinajstić information content (AvgIpc) is 2.51. The summed E-state index contributed by atoms with van der Waals surface area (Å²) in [7, 11) is 9.78. The Kier molecular flexibility index (Phi) is 13.9. The molecule has 0 bridgehead atoms. The van der Waals surface area contributed by atoms with Gasteiger partial charge >= 0.3 is 35.6 Å². The summed E-state index contributed by atoms with van der Waals surface area (Å²) in [5.74, 6) is 0. The molecule has 2 saturated carbocycles. The molecule has 2 aliphatic carbocycles. The van der Waals surface area contributed by atoms with Gasteiger partial charge in [0.1, 0.15) is 0 Å². The van der Waals surface area contributed by atoms with Crippen molar-refractivity contribution in [2.75, 3.05) is 13.1 Å². The zero-order valence-electron chi connectivity index (χ0n) is 13.0. The van der Waals surface area contributed by atoms with Crippen molar-refractivity contribution in [3.63, 3.8) is 0 Å². The Balaban J connectivity index is 0.000000745. The van der Waals surface area contributed by atoms with E-state index in [4.69, 9.17) is 52.4 Å². The first-order valence-corrected chi connectivity index (χ1v) is 13.4. The molecule has 130 valence electrons. The van der Waals surface area contributed by atoms with E-state index in [1.807, 2.05) is 0 Å². The second-order valence-corrected chi connectivity index (χ2v) is 9.67. The van der Waals surface area contributed by atoms with E-state index in [1.54, 1.807) is 0 Å². The van der Waals surface area contributed by atoms with Crippen molar-refractivity contribution < 1.29 is 17.0 Å². The van der Waals surface area contributed by atoms with Crippen molar-refractivity contribution in [2.45, 2.75) is 80.6 Å². The van der Waals surface area contributed by atoms with Gasteiger partial charge < -0.3 is 10.6 Å². The van der Waals surface area contributed by atoms with Gasteiger partial charge in [-0.3, -0.25) is 0 Å². The fourth-order valence-electron chi connectivity index (χ4n) is 3.13. The zero-order chi connectivity index (χ0) is 16.2. The second kappa shape index (κ2) is 14.0. The third kappa shape index (κ3) is 9.32. The van der Waals surface area contributed by atoms with Crippen LogP contribution in [0.2, 0.25) is 0 Å². The first-order chi connectivity index (χ1) is 10.7. The number of alkyl halides is 2.